The van der Waals surface area contributed by atoms with Crippen LogP contribution < -0.4 is 10.1 Å². The van der Waals surface area contributed by atoms with Crippen LogP contribution >= 0.6 is 0 Å². The first-order valence-electron chi connectivity index (χ1n) is 5.28. The Labute approximate surface area is 99.9 Å². The molecule has 2 heterocycles. The maximum Gasteiger partial charge on any atom is 0.149 e. The van der Waals surface area contributed by atoms with Crippen molar-refractivity contribution in [1.29, 1.82) is 0 Å². The summed E-state index contributed by atoms with van der Waals surface area (Å²) in [4.78, 5) is 12.6. The van der Waals surface area contributed by atoms with E-state index in [2.05, 4.69) is 20.3 Å². The zero-order chi connectivity index (χ0) is 12.1. The monoisotopic (exact) mass is 230 g/mol. The molecule has 2 rings (SSSR count). The topological polar surface area (TPSA) is 59.9 Å². The van der Waals surface area contributed by atoms with Crippen LogP contribution in [0.3, 0.4) is 0 Å². The number of methoxy groups -OCH3 is 1. The number of hydrogen-bond donors (Lipinski definition) is 1. The third kappa shape index (κ3) is 2.57. The average molecular weight is 230 g/mol. The molecule has 0 spiro atoms. The molecule has 1 atom stereocenters. The maximum absolute atomic E-state index is 5.15. The van der Waals surface area contributed by atoms with E-state index in [1.54, 1.807) is 38.0 Å². The Kier molecular flexibility index (Phi) is 3.62. The molecule has 17 heavy (non-hydrogen) atoms. The highest BCUT2D eigenvalue weighted by molar-refractivity contribution is 5.29. The van der Waals surface area contributed by atoms with Gasteiger partial charge in [-0.2, -0.15) is 0 Å². The second-order valence-corrected chi connectivity index (χ2v) is 3.49. The van der Waals surface area contributed by atoms with Gasteiger partial charge in [-0.3, -0.25) is 4.98 Å². The van der Waals surface area contributed by atoms with Crippen molar-refractivity contribution >= 4 is 0 Å². The Morgan fingerprint density at radius 1 is 1.24 bits per heavy atom. The van der Waals surface area contributed by atoms with Crippen molar-refractivity contribution in [2.24, 2.45) is 0 Å². The Morgan fingerprint density at radius 3 is 2.65 bits per heavy atom. The van der Waals surface area contributed by atoms with Gasteiger partial charge in [-0.05, 0) is 24.7 Å². The molecular formula is C12H14N4O. The molecule has 0 fully saturated rings. The van der Waals surface area contributed by atoms with Crippen molar-refractivity contribution in [2.45, 2.75) is 6.04 Å². The zero-order valence-electron chi connectivity index (χ0n) is 9.79. The van der Waals surface area contributed by atoms with Crippen LogP contribution in [0.15, 0.2) is 36.9 Å². The second-order valence-electron chi connectivity index (χ2n) is 3.49. The number of rotatable bonds is 4. The van der Waals surface area contributed by atoms with E-state index in [-0.39, 0.29) is 6.04 Å². The van der Waals surface area contributed by atoms with E-state index in [4.69, 9.17) is 4.74 Å². The highest BCUT2D eigenvalue weighted by Gasteiger charge is 2.15. The molecule has 1 N–H and O–H groups in total. The van der Waals surface area contributed by atoms with Crippen molar-refractivity contribution in [1.82, 2.24) is 20.3 Å². The summed E-state index contributed by atoms with van der Waals surface area (Å²) in [6, 6.07) is 3.63. The summed E-state index contributed by atoms with van der Waals surface area (Å²) >= 11 is 0. The van der Waals surface area contributed by atoms with Crippen LogP contribution in [0.25, 0.3) is 0 Å². The third-order valence-electron chi connectivity index (χ3n) is 2.44. The molecule has 0 bridgehead atoms. The predicted molar refractivity (Wildman–Crippen MR) is 63.7 cm³/mol. The van der Waals surface area contributed by atoms with Gasteiger partial charge in [-0.15, -0.1) is 0 Å². The molecule has 5 heteroatoms. The molecule has 0 saturated carbocycles. The first-order valence-corrected chi connectivity index (χ1v) is 5.28. The van der Waals surface area contributed by atoms with Crippen molar-refractivity contribution in [3.63, 3.8) is 0 Å². The zero-order valence-corrected chi connectivity index (χ0v) is 9.79. The quantitative estimate of drug-likeness (QED) is 0.855. The summed E-state index contributed by atoms with van der Waals surface area (Å²) in [5.74, 6) is 1.43. The summed E-state index contributed by atoms with van der Waals surface area (Å²) in [6.07, 6.45) is 6.89. The molecule has 0 aliphatic heterocycles. The van der Waals surface area contributed by atoms with Gasteiger partial charge in [0.25, 0.3) is 0 Å². The molecule has 0 radical (unpaired) electrons. The van der Waals surface area contributed by atoms with Crippen LogP contribution in [0.2, 0.25) is 0 Å². The van der Waals surface area contributed by atoms with Gasteiger partial charge in [-0.25, -0.2) is 9.97 Å². The van der Waals surface area contributed by atoms with Gasteiger partial charge >= 0.3 is 0 Å². The van der Waals surface area contributed by atoms with Crippen molar-refractivity contribution < 1.29 is 4.74 Å². The first kappa shape index (κ1) is 11.5. The molecular weight excluding hydrogens is 216 g/mol. The highest BCUT2D eigenvalue weighted by Crippen LogP contribution is 2.20. The Bertz CT molecular complexity index is 475. The lowest BCUT2D eigenvalue weighted by Gasteiger charge is -2.15. The van der Waals surface area contributed by atoms with E-state index < -0.39 is 0 Å². The summed E-state index contributed by atoms with van der Waals surface area (Å²) in [5.41, 5.74) is 0.970. The number of nitrogens with one attached hydrogen (secondary N) is 1. The largest absolute Gasteiger partial charge is 0.495 e. The van der Waals surface area contributed by atoms with Crippen molar-refractivity contribution in [3.8, 4) is 5.75 Å². The molecule has 0 saturated heterocycles. The van der Waals surface area contributed by atoms with Crippen molar-refractivity contribution in [3.05, 3.63) is 48.3 Å². The SMILES string of the molecule is CNC(c1cncc(OC)c1)c1ncccn1. The van der Waals surface area contributed by atoms with E-state index in [1.165, 1.54) is 0 Å². The first-order chi connectivity index (χ1) is 8.35. The summed E-state index contributed by atoms with van der Waals surface area (Å²) < 4.78 is 5.15. The van der Waals surface area contributed by atoms with E-state index >= 15 is 0 Å². The van der Waals surface area contributed by atoms with Gasteiger partial charge in [0.05, 0.1) is 19.3 Å². The molecule has 0 aliphatic carbocycles. The summed E-state index contributed by atoms with van der Waals surface area (Å²) in [7, 11) is 3.48. The molecule has 0 amide bonds. The minimum absolute atomic E-state index is 0.0844. The van der Waals surface area contributed by atoms with Gasteiger partial charge < -0.3 is 10.1 Å². The minimum Gasteiger partial charge on any atom is -0.495 e. The van der Waals surface area contributed by atoms with Gasteiger partial charge in [0, 0.05) is 18.6 Å². The third-order valence-corrected chi connectivity index (χ3v) is 2.44. The van der Waals surface area contributed by atoms with Crippen LogP contribution in [0, 0.1) is 0 Å². The van der Waals surface area contributed by atoms with E-state index in [0.717, 1.165) is 11.3 Å². The lowest BCUT2D eigenvalue weighted by molar-refractivity contribution is 0.411. The minimum atomic E-state index is -0.0844. The number of ether oxygens (including phenoxy) is 1. The number of nitrogens with zero attached hydrogens (tertiary/aromatic N) is 3. The standard InChI is InChI=1S/C12H14N4O/c1-13-11(12-15-4-3-5-16-12)9-6-10(17-2)8-14-7-9/h3-8,11,13H,1-2H3. The smallest absolute Gasteiger partial charge is 0.149 e. The molecule has 0 aromatic carbocycles. The van der Waals surface area contributed by atoms with Gasteiger partial charge in [-0.1, -0.05) is 0 Å². The van der Waals surface area contributed by atoms with E-state index in [9.17, 15) is 0 Å². The lowest BCUT2D eigenvalue weighted by Crippen LogP contribution is -2.20. The van der Waals surface area contributed by atoms with E-state index in [0.29, 0.717) is 5.82 Å². The fraction of sp³-hybridized carbons (Fsp3) is 0.250. The fourth-order valence-corrected chi connectivity index (χ4v) is 1.61. The van der Waals surface area contributed by atoms with Gasteiger partial charge in [0.2, 0.25) is 0 Å². The van der Waals surface area contributed by atoms with Gasteiger partial charge in [0.1, 0.15) is 11.6 Å². The Hall–Kier alpha value is -2.01. The molecule has 2 aromatic heterocycles. The lowest BCUT2D eigenvalue weighted by atomic mass is 10.1. The highest BCUT2D eigenvalue weighted by atomic mass is 16.5. The number of hydrogen-bond acceptors (Lipinski definition) is 5. The molecule has 5 nitrogen and oxygen atoms in total. The predicted octanol–water partition coefficient (Wildman–Crippen LogP) is 1.19. The summed E-state index contributed by atoms with van der Waals surface area (Å²) in [6.45, 7) is 0. The van der Waals surface area contributed by atoms with Crippen LogP contribution in [-0.2, 0) is 0 Å². The molecule has 88 valence electrons. The van der Waals surface area contributed by atoms with Crippen LogP contribution in [0.4, 0.5) is 0 Å². The number of aromatic nitrogens is 3. The van der Waals surface area contributed by atoms with Crippen molar-refractivity contribution in [2.75, 3.05) is 14.2 Å². The normalized spacial score (nSPS) is 12.1. The van der Waals surface area contributed by atoms with Gasteiger partial charge in [0.15, 0.2) is 0 Å². The van der Waals surface area contributed by atoms with Crippen LogP contribution in [-0.4, -0.2) is 29.1 Å². The Morgan fingerprint density at radius 2 is 2.00 bits per heavy atom. The van der Waals surface area contributed by atoms with Crippen LogP contribution in [0.1, 0.15) is 17.4 Å². The average Bonchev–Trinajstić information content (AvgIpc) is 2.41. The molecule has 1 unspecified atom stereocenters. The number of pyridine rings is 1. The molecule has 2 aromatic rings. The maximum atomic E-state index is 5.15. The second kappa shape index (κ2) is 5.36. The Balaban J connectivity index is 2.35. The van der Waals surface area contributed by atoms with E-state index in [1.807, 2.05) is 13.1 Å². The molecule has 0 aliphatic rings. The summed E-state index contributed by atoms with van der Waals surface area (Å²) in [5, 5.41) is 3.17. The fourth-order valence-electron chi connectivity index (χ4n) is 1.61. The van der Waals surface area contributed by atoms with Crippen LogP contribution in [0.5, 0.6) is 5.75 Å².